The first-order chi connectivity index (χ1) is 11.1. The van der Waals surface area contributed by atoms with Gasteiger partial charge in [0.05, 0.1) is 30.1 Å². The van der Waals surface area contributed by atoms with Crippen molar-refractivity contribution in [3.05, 3.63) is 23.8 Å². The van der Waals surface area contributed by atoms with Crippen molar-refractivity contribution in [2.24, 2.45) is 0 Å². The number of amides is 1. The molecule has 0 aliphatic carbocycles. The minimum Gasteiger partial charge on any atom is -0.496 e. The van der Waals surface area contributed by atoms with E-state index in [1.54, 1.807) is 6.92 Å². The van der Waals surface area contributed by atoms with E-state index < -0.39 is 38.4 Å². The molecule has 0 bridgehead atoms. The molecule has 1 aromatic rings. The molecule has 24 heavy (non-hydrogen) atoms. The maximum atomic E-state index is 12.2. The Bertz CT molecular complexity index is 833. The fourth-order valence-electron chi connectivity index (χ4n) is 2.45. The number of methoxy groups -OCH3 is 1. The zero-order valence-corrected chi connectivity index (χ0v) is 15.0. The Morgan fingerprint density at radius 1 is 1.38 bits per heavy atom. The third-order valence-corrected chi connectivity index (χ3v) is 6.86. The SMILES string of the molecule is COc1ccc(S(=O)(=O)NCC(=O)NC2CCS(=O)(=O)C2)cc1C. The molecule has 0 saturated carbocycles. The van der Waals surface area contributed by atoms with Gasteiger partial charge in [0.25, 0.3) is 0 Å². The number of aryl methyl sites for hydroxylation is 1. The lowest BCUT2D eigenvalue weighted by Gasteiger charge is -2.12. The van der Waals surface area contributed by atoms with Crippen molar-refractivity contribution in [3.63, 3.8) is 0 Å². The number of hydrogen-bond acceptors (Lipinski definition) is 6. The maximum Gasteiger partial charge on any atom is 0.241 e. The molecule has 1 amide bonds. The summed E-state index contributed by atoms with van der Waals surface area (Å²) in [4.78, 5) is 11.8. The first-order valence-corrected chi connectivity index (χ1v) is 10.6. The van der Waals surface area contributed by atoms with Crippen molar-refractivity contribution in [2.75, 3.05) is 25.2 Å². The standard InChI is InChI=1S/C14H20N2O6S2/c1-10-7-12(3-4-13(10)22-2)24(20,21)15-8-14(17)16-11-5-6-23(18,19)9-11/h3-4,7,11,15H,5-6,8-9H2,1-2H3,(H,16,17). The summed E-state index contributed by atoms with van der Waals surface area (Å²) in [5.74, 6) is -0.0714. The summed E-state index contributed by atoms with van der Waals surface area (Å²) in [6.45, 7) is 1.26. The van der Waals surface area contributed by atoms with Crippen LogP contribution in [0.1, 0.15) is 12.0 Å². The van der Waals surface area contributed by atoms with Crippen molar-refractivity contribution < 1.29 is 26.4 Å². The lowest BCUT2D eigenvalue weighted by atomic mass is 10.2. The van der Waals surface area contributed by atoms with Crippen LogP contribution in [0, 0.1) is 6.92 Å². The Morgan fingerprint density at radius 3 is 2.62 bits per heavy atom. The Labute approximate surface area is 141 Å². The largest absolute Gasteiger partial charge is 0.496 e. The van der Waals surface area contributed by atoms with Crippen molar-refractivity contribution in [1.82, 2.24) is 10.0 Å². The highest BCUT2D eigenvalue weighted by molar-refractivity contribution is 7.91. The lowest BCUT2D eigenvalue weighted by molar-refractivity contribution is -0.120. The monoisotopic (exact) mass is 376 g/mol. The highest BCUT2D eigenvalue weighted by Gasteiger charge is 2.29. The lowest BCUT2D eigenvalue weighted by Crippen LogP contribution is -2.42. The third-order valence-electron chi connectivity index (χ3n) is 3.70. The second-order valence-electron chi connectivity index (χ2n) is 5.62. The fourth-order valence-corrected chi connectivity index (χ4v) is 5.19. The van der Waals surface area contributed by atoms with Crippen LogP contribution in [0.25, 0.3) is 0 Å². The molecule has 134 valence electrons. The Morgan fingerprint density at radius 2 is 2.08 bits per heavy atom. The average molecular weight is 376 g/mol. The summed E-state index contributed by atoms with van der Waals surface area (Å²) in [6.07, 6.45) is 0.346. The summed E-state index contributed by atoms with van der Waals surface area (Å²) >= 11 is 0. The van der Waals surface area contributed by atoms with E-state index in [2.05, 4.69) is 10.0 Å². The van der Waals surface area contributed by atoms with Gasteiger partial charge >= 0.3 is 0 Å². The van der Waals surface area contributed by atoms with Gasteiger partial charge in [-0.2, -0.15) is 0 Å². The van der Waals surface area contributed by atoms with Crippen molar-refractivity contribution >= 4 is 25.8 Å². The highest BCUT2D eigenvalue weighted by atomic mass is 32.2. The number of sulfone groups is 1. The molecule has 1 atom stereocenters. The summed E-state index contributed by atoms with van der Waals surface area (Å²) in [6, 6.07) is 3.90. The van der Waals surface area contributed by atoms with Crippen LogP contribution in [0.5, 0.6) is 5.75 Å². The molecule has 8 nitrogen and oxygen atoms in total. The first kappa shape index (κ1) is 18.7. The number of benzene rings is 1. The third kappa shape index (κ3) is 4.68. The topological polar surface area (TPSA) is 119 Å². The molecule has 1 unspecified atom stereocenters. The number of rotatable bonds is 6. The Hall–Kier alpha value is -1.65. The average Bonchev–Trinajstić information content (AvgIpc) is 2.84. The molecule has 0 spiro atoms. The van der Waals surface area contributed by atoms with Crippen molar-refractivity contribution in [1.29, 1.82) is 0 Å². The minimum atomic E-state index is -3.84. The van der Waals surface area contributed by atoms with Crippen LogP contribution >= 0.6 is 0 Å². The van der Waals surface area contributed by atoms with Crippen molar-refractivity contribution in [3.8, 4) is 5.75 Å². The number of carbonyl (C=O) groups is 1. The molecular weight excluding hydrogens is 356 g/mol. The molecule has 1 aliphatic heterocycles. The van der Waals surface area contributed by atoms with Crippen LogP contribution < -0.4 is 14.8 Å². The fraction of sp³-hybridized carbons (Fsp3) is 0.500. The molecule has 1 heterocycles. The normalized spacial score (nSPS) is 19.8. The van der Waals surface area contributed by atoms with Crippen LogP contribution in [0.2, 0.25) is 0 Å². The van der Waals surface area contributed by atoms with Crippen LogP contribution in [0.15, 0.2) is 23.1 Å². The molecule has 0 aromatic heterocycles. The zero-order valence-electron chi connectivity index (χ0n) is 13.4. The van der Waals surface area contributed by atoms with Gasteiger partial charge in [-0.15, -0.1) is 0 Å². The second-order valence-corrected chi connectivity index (χ2v) is 9.62. The van der Waals surface area contributed by atoms with E-state index in [1.807, 2.05) is 0 Å². The van der Waals surface area contributed by atoms with E-state index in [-0.39, 0.29) is 16.4 Å². The van der Waals surface area contributed by atoms with Gasteiger partial charge in [0.1, 0.15) is 5.75 Å². The van der Waals surface area contributed by atoms with Crippen LogP contribution in [0.3, 0.4) is 0 Å². The Kier molecular flexibility index (Phi) is 5.51. The van der Waals surface area contributed by atoms with E-state index in [0.29, 0.717) is 17.7 Å². The molecule has 1 saturated heterocycles. The van der Waals surface area contributed by atoms with Gasteiger partial charge in [0, 0.05) is 6.04 Å². The van der Waals surface area contributed by atoms with Gasteiger partial charge in [-0.05, 0) is 37.1 Å². The summed E-state index contributed by atoms with van der Waals surface area (Å²) in [5.41, 5.74) is 0.654. The summed E-state index contributed by atoms with van der Waals surface area (Å²) in [7, 11) is -5.46. The molecule has 1 fully saturated rings. The quantitative estimate of drug-likeness (QED) is 0.696. The van der Waals surface area contributed by atoms with Crippen LogP contribution in [-0.2, 0) is 24.7 Å². The smallest absolute Gasteiger partial charge is 0.241 e. The maximum absolute atomic E-state index is 12.2. The van der Waals surface area contributed by atoms with E-state index in [9.17, 15) is 21.6 Å². The zero-order chi connectivity index (χ0) is 18.0. The predicted octanol–water partition coefficient (Wildman–Crippen LogP) is -0.415. The van der Waals surface area contributed by atoms with E-state index in [4.69, 9.17) is 4.74 Å². The highest BCUT2D eigenvalue weighted by Crippen LogP contribution is 2.21. The number of sulfonamides is 1. The van der Waals surface area contributed by atoms with Crippen LogP contribution in [0.4, 0.5) is 0 Å². The van der Waals surface area contributed by atoms with Crippen LogP contribution in [-0.4, -0.2) is 53.9 Å². The van der Waals surface area contributed by atoms with Gasteiger partial charge in [0.15, 0.2) is 9.84 Å². The first-order valence-electron chi connectivity index (χ1n) is 7.27. The van der Waals surface area contributed by atoms with Gasteiger partial charge < -0.3 is 10.1 Å². The number of ether oxygens (including phenoxy) is 1. The molecule has 2 N–H and O–H groups in total. The van der Waals surface area contributed by atoms with E-state index in [0.717, 1.165) is 0 Å². The summed E-state index contributed by atoms with van der Waals surface area (Å²) < 4.78 is 54.4. The van der Waals surface area contributed by atoms with E-state index >= 15 is 0 Å². The molecule has 0 radical (unpaired) electrons. The predicted molar refractivity (Wildman–Crippen MR) is 88.1 cm³/mol. The minimum absolute atomic E-state index is 0.0250. The van der Waals surface area contributed by atoms with E-state index in [1.165, 1.54) is 25.3 Å². The van der Waals surface area contributed by atoms with Gasteiger partial charge in [-0.25, -0.2) is 21.6 Å². The van der Waals surface area contributed by atoms with Gasteiger partial charge in [0.2, 0.25) is 15.9 Å². The van der Waals surface area contributed by atoms with Gasteiger partial charge in [-0.1, -0.05) is 0 Å². The number of hydrogen-bond donors (Lipinski definition) is 2. The summed E-state index contributed by atoms with van der Waals surface area (Å²) in [5, 5.41) is 2.52. The number of nitrogens with one attached hydrogen (secondary N) is 2. The molecule has 10 heteroatoms. The molecule has 2 rings (SSSR count). The molecule has 1 aliphatic rings. The van der Waals surface area contributed by atoms with Gasteiger partial charge in [-0.3, -0.25) is 4.79 Å². The second kappa shape index (κ2) is 7.08. The Balaban J connectivity index is 1.95. The molecular formula is C14H20N2O6S2. The number of carbonyl (C=O) groups excluding carboxylic acids is 1. The molecule has 1 aromatic carbocycles. The van der Waals surface area contributed by atoms with Crippen molar-refractivity contribution in [2.45, 2.75) is 24.3 Å².